The summed E-state index contributed by atoms with van der Waals surface area (Å²) in [5, 5.41) is 0. The quantitative estimate of drug-likeness (QED) is 0.422. The molecule has 0 aromatic heterocycles. The van der Waals surface area contributed by atoms with Crippen molar-refractivity contribution in [2.24, 2.45) is 0 Å². The maximum Gasteiger partial charge on any atom is 0.0613 e. The predicted octanol–water partition coefficient (Wildman–Crippen LogP) is 2.68. The van der Waals surface area contributed by atoms with Gasteiger partial charge >= 0.3 is 0 Å². The summed E-state index contributed by atoms with van der Waals surface area (Å²) >= 11 is 1.44. The third kappa shape index (κ3) is 8.31. The van der Waals surface area contributed by atoms with Gasteiger partial charge in [0.1, 0.15) is 0 Å². The van der Waals surface area contributed by atoms with Gasteiger partial charge in [-0.3, -0.25) is 0 Å². The van der Waals surface area contributed by atoms with Crippen molar-refractivity contribution >= 4 is 12.0 Å². The molecule has 0 unspecified atom stereocenters. The molecule has 0 spiro atoms. The van der Waals surface area contributed by atoms with Gasteiger partial charge in [0.25, 0.3) is 0 Å². The van der Waals surface area contributed by atoms with Crippen molar-refractivity contribution in [2.75, 3.05) is 12.9 Å². The summed E-state index contributed by atoms with van der Waals surface area (Å²) in [5.41, 5.74) is 0. The third-order valence-electron chi connectivity index (χ3n) is 1.10. The van der Waals surface area contributed by atoms with E-state index in [0.29, 0.717) is 0 Å². The Morgan fingerprint density at radius 3 is 2.67 bits per heavy atom. The van der Waals surface area contributed by atoms with E-state index in [1.54, 1.807) is 0 Å². The zero-order valence-corrected chi connectivity index (χ0v) is 6.88. The van der Waals surface area contributed by atoms with Gasteiger partial charge in [-0.05, 0) is 18.5 Å². The summed E-state index contributed by atoms with van der Waals surface area (Å²) in [5.74, 6) is 0. The smallest absolute Gasteiger partial charge is 0.0613 e. The largest absolute Gasteiger partial charge is 0.316 e. The van der Waals surface area contributed by atoms with Gasteiger partial charge < -0.3 is 4.18 Å². The predicted molar refractivity (Wildman–Crippen MR) is 43.3 cm³/mol. The first-order chi connectivity index (χ1) is 4.41. The molecule has 0 rings (SSSR count). The molecule has 0 aromatic carbocycles. The standard InChI is InChI=1S/C7H15OS/c1-3-4-5-6-7-8-9-2/h1,3-7H2,2H3. The molecule has 0 aromatic rings. The monoisotopic (exact) mass is 147 g/mol. The molecule has 0 saturated heterocycles. The van der Waals surface area contributed by atoms with Gasteiger partial charge in [0.05, 0.1) is 6.61 Å². The Morgan fingerprint density at radius 1 is 1.33 bits per heavy atom. The lowest BCUT2D eigenvalue weighted by Gasteiger charge is -1.97. The Kier molecular flexibility index (Phi) is 8.60. The second kappa shape index (κ2) is 8.31. The Hall–Kier alpha value is 0.310. The summed E-state index contributed by atoms with van der Waals surface area (Å²) in [7, 11) is 0. The highest BCUT2D eigenvalue weighted by atomic mass is 32.2. The van der Waals surface area contributed by atoms with Gasteiger partial charge in [0.15, 0.2) is 0 Å². The van der Waals surface area contributed by atoms with Gasteiger partial charge in [0.2, 0.25) is 0 Å². The minimum absolute atomic E-state index is 0.890. The van der Waals surface area contributed by atoms with E-state index < -0.39 is 0 Å². The zero-order chi connectivity index (χ0) is 6.95. The lowest BCUT2D eigenvalue weighted by molar-refractivity contribution is 0.358. The molecule has 1 radical (unpaired) electrons. The molecule has 0 N–H and O–H groups in total. The van der Waals surface area contributed by atoms with Crippen LogP contribution in [0, 0.1) is 6.92 Å². The van der Waals surface area contributed by atoms with Crippen LogP contribution in [0.2, 0.25) is 0 Å². The number of rotatable bonds is 6. The van der Waals surface area contributed by atoms with Crippen LogP contribution in [-0.2, 0) is 4.18 Å². The zero-order valence-electron chi connectivity index (χ0n) is 6.06. The highest BCUT2D eigenvalue weighted by Crippen LogP contribution is 2.01. The van der Waals surface area contributed by atoms with E-state index in [4.69, 9.17) is 4.18 Å². The molecule has 9 heavy (non-hydrogen) atoms. The fourth-order valence-electron chi connectivity index (χ4n) is 0.598. The van der Waals surface area contributed by atoms with E-state index in [0.717, 1.165) is 13.0 Å². The van der Waals surface area contributed by atoms with E-state index in [2.05, 4.69) is 6.92 Å². The molecular formula is C7H15OS. The van der Waals surface area contributed by atoms with Crippen LogP contribution in [0.15, 0.2) is 0 Å². The SMILES string of the molecule is [CH2]CCCCCOSC. The minimum atomic E-state index is 0.890. The summed E-state index contributed by atoms with van der Waals surface area (Å²) in [6.07, 6.45) is 6.67. The average molecular weight is 147 g/mol. The van der Waals surface area contributed by atoms with E-state index in [1.165, 1.54) is 31.3 Å². The Bertz CT molecular complexity index is 42.2. The van der Waals surface area contributed by atoms with Crippen LogP contribution < -0.4 is 0 Å². The molecule has 0 bridgehead atoms. The van der Waals surface area contributed by atoms with Gasteiger partial charge in [-0.2, -0.15) is 0 Å². The highest BCUT2D eigenvalue weighted by Gasteiger charge is 1.85. The lowest BCUT2D eigenvalue weighted by Crippen LogP contribution is -1.85. The van der Waals surface area contributed by atoms with Crippen molar-refractivity contribution in [1.29, 1.82) is 0 Å². The summed E-state index contributed by atoms with van der Waals surface area (Å²) in [4.78, 5) is 0. The van der Waals surface area contributed by atoms with Crippen LogP contribution in [0.25, 0.3) is 0 Å². The first-order valence-corrected chi connectivity index (χ1v) is 4.51. The maximum absolute atomic E-state index is 5.08. The summed E-state index contributed by atoms with van der Waals surface area (Å²) in [6.45, 7) is 4.65. The molecule has 0 amide bonds. The topological polar surface area (TPSA) is 9.23 Å². The number of hydrogen-bond donors (Lipinski definition) is 0. The minimum Gasteiger partial charge on any atom is -0.316 e. The maximum atomic E-state index is 5.08. The first kappa shape index (κ1) is 9.31. The van der Waals surface area contributed by atoms with Crippen LogP contribution in [0.4, 0.5) is 0 Å². The van der Waals surface area contributed by atoms with Gasteiger partial charge in [-0.25, -0.2) is 0 Å². The molecule has 0 heterocycles. The molecule has 0 fully saturated rings. The average Bonchev–Trinajstić information content (AvgIpc) is 1.89. The lowest BCUT2D eigenvalue weighted by atomic mass is 10.2. The van der Waals surface area contributed by atoms with Gasteiger partial charge in [-0.1, -0.05) is 26.2 Å². The molecule has 55 valence electrons. The summed E-state index contributed by atoms with van der Waals surface area (Å²) < 4.78 is 5.08. The van der Waals surface area contributed by atoms with Crippen LogP contribution >= 0.6 is 12.0 Å². The van der Waals surface area contributed by atoms with Crippen LogP contribution in [0.1, 0.15) is 25.7 Å². The second-order valence-electron chi connectivity index (χ2n) is 1.90. The molecule has 1 nitrogen and oxygen atoms in total. The second-order valence-corrected chi connectivity index (χ2v) is 2.47. The third-order valence-corrected chi connectivity index (χ3v) is 1.50. The van der Waals surface area contributed by atoms with Crippen molar-refractivity contribution in [3.63, 3.8) is 0 Å². The Morgan fingerprint density at radius 2 is 2.11 bits per heavy atom. The fraction of sp³-hybridized carbons (Fsp3) is 0.857. The first-order valence-electron chi connectivity index (χ1n) is 3.36. The van der Waals surface area contributed by atoms with Crippen LogP contribution in [0.3, 0.4) is 0 Å². The summed E-state index contributed by atoms with van der Waals surface area (Å²) in [6, 6.07) is 0. The fourth-order valence-corrected chi connectivity index (χ4v) is 0.882. The van der Waals surface area contributed by atoms with Crippen molar-refractivity contribution in [3.05, 3.63) is 6.92 Å². The highest BCUT2D eigenvalue weighted by molar-refractivity contribution is 7.93. The molecule has 0 aliphatic heterocycles. The molecule has 0 aliphatic carbocycles. The normalized spacial score (nSPS) is 10.0. The van der Waals surface area contributed by atoms with Crippen LogP contribution in [0.5, 0.6) is 0 Å². The Balaban J connectivity index is 2.60. The van der Waals surface area contributed by atoms with Crippen molar-refractivity contribution < 1.29 is 4.18 Å². The van der Waals surface area contributed by atoms with Crippen molar-refractivity contribution in [2.45, 2.75) is 25.7 Å². The van der Waals surface area contributed by atoms with E-state index in [9.17, 15) is 0 Å². The number of hydrogen-bond acceptors (Lipinski definition) is 2. The molecule has 0 aliphatic rings. The number of unbranched alkanes of at least 4 members (excludes halogenated alkanes) is 3. The Labute approximate surface area is 62.4 Å². The molecular weight excluding hydrogens is 132 g/mol. The van der Waals surface area contributed by atoms with Crippen LogP contribution in [-0.4, -0.2) is 12.9 Å². The van der Waals surface area contributed by atoms with E-state index in [-0.39, 0.29) is 0 Å². The van der Waals surface area contributed by atoms with Crippen molar-refractivity contribution in [3.8, 4) is 0 Å². The van der Waals surface area contributed by atoms with Gasteiger partial charge in [0, 0.05) is 6.26 Å². The van der Waals surface area contributed by atoms with Crippen molar-refractivity contribution in [1.82, 2.24) is 0 Å². The molecule has 2 heteroatoms. The van der Waals surface area contributed by atoms with E-state index in [1.807, 2.05) is 6.26 Å². The molecule has 0 saturated carbocycles. The molecule has 0 atom stereocenters. The van der Waals surface area contributed by atoms with Gasteiger partial charge in [-0.15, -0.1) is 0 Å². The van der Waals surface area contributed by atoms with E-state index >= 15 is 0 Å².